The van der Waals surface area contributed by atoms with Gasteiger partial charge in [0.1, 0.15) is 0 Å². The third-order valence-electron chi connectivity index (χ3n) is 2.47. The second-order valence-electron chi connectivity index (χ2n) is 4.01. The molecule has 0 saturated carbocycles. The van der Waals surface area contributed by atoms with Crippen LogP contribution in [0.25, 0.3) is 0 Å². The third-order valence-corrected chi connectivity index (χ3v) is 3.26. The molecule has 2 N–H and O–H groups in total. The van der Waals surface area contributed by atoms with Crippen molar-refractivity contribution < 1.29 is 4.79 Å². The number of nitrogens with one attached hydrogen (secondary N) is 2. The lowest BCUT2D eigenvalue weighted by molar-refractivity contribution is 0.251. The van der Waals surface area contributed by atoms with Gasteiger partial charge in [0.2, 0.25) is 0 Å². The predicted molar refractivity (Wildman–Crippen MR) is 73.0 cm³/mol. The maximum atomic E-state index is 11.5. The Morgan fingerprint density at radius 1 is 1.50 bits per heavy atom. The molecule has 0 aromatic carbocycles. The number of carbonyl (C=O) groups is 1. The standard InChI is InChI=1S/C12H16N4OS/c1-9-8-10(2)16(15-9)6-5-13-12(17)14-11-4-3-7-18-11/h3-4,7-8H,5-6H2,1-2H3,(H2,13,14,17). The molecule has 5 nitrogen and oxygen atoms in total. The molecule has 0 aliphatic rings. The highest BCUT2D eigenvalue weighted by Gasteiger charge is 2.03. The Labute approximate surface area is 110 Å². The second-order valence-corrected chi connectivity index (χ2v) is 4.96. The number of nitrogens with zero attached hydrogens (tertiary/aromatic N) is 2. The summed E-state index contributed by atoms with van der Waals surface area (Å²) in [6.07, 6.45) is 0. The van der Waals surface area contributed by atoms with Crippen molar-refractivity contribution in [3.8, 4) is 0 Å². The van der Waals surface area contributed by atoms with E-state index >= 15 is 0 Å². The molecule has 2 heterocycles. The van der Waals surface area contributed by atoms with Gasteiger partial charge in [-0.2, -0.15) is 5.10 Å². The Balaban J connectivity index is 1.75. The fourth-order valence-corrected chi connectivity index (χ4v) is 2.29. The van der Waals surface area contributed by atoms with Crippen LogP contribution < -0.4 is 10.6 Å². The van der Waals surface area contributed by atoms with E-state index in [4.69, 9.17) is 0 Å². The van der Waals surface area contributed by atoms with Crippen molar-refractivity contribution in [1.82, 2.24) is 15.1 Å². The minimum absolute atomic E-state index is 0.181. The van der Waals surface area contributed by atoms with E-state index in [-0.39, 0.29) is 6.03 Å². The SMILES string of the molecule is Cc1cc(C)n(CCNC(=O)Nc2cccs2)n1. The summed E-state index contributed by atoms with van der Waals surface area (Å²) >= 11 is 1.50. The fraction of sp³-hybridized carbons (Fsp3) is 0.333. The minimum atomic E-state index is -0.181. The van der Waals surface area contributed by atoms with Crippen molar-refractivity contribution in [3.63, 3.8) is 0 Å². The van der Waals surface area contributed by atoms with Crippen molar-refractivity contribution in [1.29, 1.82) is 0 Å². The van der Waals surface area contributed by atoms with Gasteiger partial charge in [-0.05, 0) is 37.4 Å². The number of hydrogen-bond donors (Lipinski definition) is 2. The molecule has 6 heteroatoms. The van der Waals surface area contributed by atoms with Gasteiger partial charge in [-0.1, -0.05) is 0 Å². The molecule has 96 valence electrons. The van der Waals surface area contributed by atoms with E-state index < -0.39 is 0 Å². The molecular formula is C12H16N4OS. The molecule has 0 bridgehead atoms. The zero-order chi connectivity index (χ0) is 13.0. The van der Waals surface area contributed by atoms with E-state index in [1.807, 2.05) is 42.1 Å². The Bertz CT molecular complexity index is 518. The number of rotatable bonds is 4. The number of urea groups is 1. The summed E-state index contributed by atoms with van der Waals surface area (Å²) in [5.41, 5.74) is 2.10. The number of thiophene rings is 1. The molecule has 0 fully saturated rings. The monoisotopic (exact) mass is 264 g/mol. The molecule has 2 aromatic heterocycles. The lowest BCUT2D eigenvalue weighted by Crippen LogP contribution is -2.31. The van der Waals surface area contributed by atoms with Crippen molar-refractivity contribution in [2.45, 2.75) is 20.4 Å². The maximum Gasteiger partial charge on any atom is 0.319 e. The Hall–Kier alpha value is -1.82. The summed E-state index contributed by atoms with van der Waals surface area (Å²) in [6.45, 7) is 5.20. The maximum absolute atomic E-state index is 11.5. The van der Waals surface area contributed by atoms with Gasteiger partial charge in [0, 0.05) is 12.2 Å². The molecule has 0 aliphatic carbocycles. The first kappa shape index (κ1) is 12.6. The smallest absolute Gasteiger partial charge is 0.319 e. The summed E-state index contributed by atoms with van der Waals surface area (Å²) in [4.78, 5) is 11.5. The molecular weight excluding hydrogens is 248 g/mol. The van der Waals surface area contributed by atoms with Crippen molar-refractivity contribution in [2.75, 3.05) is 11.9 Å². The summed E-state index contributed by atoms with van der Waals surface area (Å²) in [6, 6.07) is 5.60. The second kappa shape index (κ2) is 5.68. The number of amides is 2. The number of hydrogen-bond acceptors (Lipinski definition) is 3. The largest absolute Gasteiger partial charge is 0.336 e. The van der Waals surface area contributed by atoms with Crippen LogP contribution in [-0.4, -0.2) is 22.4 Å². The fourth-order valence-electron chi connectivity index (χ4n) is 1.68. The molecule has 18 heavy (non-hydrogen) atoms. The van der Waals surface area contributed by atoms with Crippen LogP contribution in [0.15, 0.2) is 23.6 Å². The van der Waals surface area contributed by atoms with Crippen molar-refractivity contribution in [2.24, 2.45) is 0 Å². The molecule has 0 saturated heterocycles. The minimum Gasteiger partial charge on any atom is -0.336 e. The quantitative estimate of drug-likeness (QED) is 0.890. The highest BCUT2D eigenvalue weighted by atomic mass is 32.1. The summed E-state index contributed by atoms with van der Waals surface area (Å²) in [5, 5.41) is 12.7. The topological polar surface area (TPSA) is 59.0 Å². The van der Waals surface area contributed by atoms with Gasteiger partial charge in [0.25, 0.3) is 0 Å². The van der Waals surface area contributed by atoms with Crippen LogP contribution >= 0.6 is 11.3 Å². The van der Waals surface area contributed by atoms with Crippen LogP contribution in [0.1, 0.15) is 11.4 Å². The average Bonchev–Trinajstić information content (AvgIpc) is 2.89. The van der Waals surface area contributed by atoms with Crippen LogP contribution in [0.3, 0.4) is 0 Å². The first-order valence-electron chi connectivity index (χ1n) is 5.74. The van der Waals surface area contributed by atoms with Gasteiger partial charge in [-0.25, -0.2) is 4.79 Å². The van der Waals surface area contributed by atoms with E-state index in [1.165, 1.54) is 11.3 Å². The van der Waals surface area contributed by atoms with Crippen molar-refractivity contribution >= 4 is 22.4 Å². The lowest BCUT2D eigenvalue weighted by atomic mass is 10.4. The zero-order valence-electron chi connectivity index (χ0n) is 10.4. The molecule has 0 radical (unpaired) electrons. The normalized spacial score (nSPS) is 10.3. The average molecular weight is 264 g/mol. The van der Waals surface area contributed by atoms with E-state index in [2.05, 4.69) is 15.7 Å². The highest BCUT2D eigenvalue weighted by molar-refractivity contribution is 7.14. The van der Waals surface area contributed by atoms with Gasteiger partial charge in [-0.3, -0.25) is 10.00 Å². The lowest BCUT2D eigenvalue weighted by Gasteiger charge is -2.07. The van der Waals surface area contributed by atoms with Crippen LogP contribution in [0.5, 0.6) is 0 Å². The molecule has 2 aromatic rings. The number of aromatic nitrogens is 2. The number of anilines is 1. The molecule has 0 atom stereocenters. The van der Waals surface area contributed by atoms with Gasteiger partial charge in [-0.15, -0.1) is 11.3 Å². The van der Waals surface area contributed by atoms with Gasteiger partial charge in [0.05, 0.1) is 17.2 Å². The summed E-state index contributed by atoms with van der Waals surface area (Å²) < 4.78 is 1.89. The molecule has 0 unspecified atom stereocenters. The van der Waals surface area contributed by atoms with E-state index in [9.17, 15) is 4.79 Å². The summed E-state index contributed by atoms with van der Waals surface area (Å²) in [5.74, 6) is 0. The molecule has 2 amide bonds. The molecule has 0 aliphatic heterocycles. The van der Waals surface area contributed by atoms with E-state index in [0.717, 1.165) is 16.4 Å². The van der Waals surface area contributed by atoms with Crippen LogP contribution in [0.4, 0.5) is 9.80 Å². The van der Waals surface area contributed by atoms with E-state index in [0.29, 0.717) is 13.1 Å². The molecule has 0 spiro atoms. The van der Waals surface area contributed by atoms with Crippen LogP contribution in [0, 0.1) is 13.8 Å². The predicted octanol–water partition coefficient (Wildman–Crippen LogP) is 2.38. The van der Waals surface area contributed by atoms with Gasteiger partial charge >= 0.3 is 6.03 Å². The Morgan fingerprint density at radius 3 is 2.94 bits per heavy atom. The van der Waals surface area contributed by atoms with Gasteiger partial charge < -0.3 is 5.32 Å². The number of aryl methyl sites for hydroxylation is 2. The first-order valence-corrected chi connectivity index (χ1v) is 6.62. The molecule has 2 rings (SSSR count). The van der Waals surface area contributed by atoms with Crippen molar-refractivity contribution in [3.05, 3.63) is 35.0 Å². The third kappa shape index (κ3) is 3.33. The Morgan fingerprint density at radius 2 is 2.33 bits per heavy atom. The number of carbonyl (C=O) groups excluding carboxylic acids is 1. The van der Waals surface area contributed by atoms with Crippen LogP contribution in [-0.2, 0) is 6.54 Å². The summed E-state index contributed by atoms with van der Waals surface area (Å²) in [7, 11) is 0. The zero-order valence-corrected chi connectivity index (χ0v) is 11.3. The first-order chi connectivity index (χ1) is 8.65. The Kier molecular flexibility index (Phi) is 3.99. The van der Waals surface area contributed by atoms with Crippen LogP contribution in [0.2, 0.25) is 0 Å². The highest BCUT2D eigenvalue weighted by Crippen LogP contribution is 2.14. The van der Waals surface area contributed by atoms with E-state index in [1.54, 1.807) is 0 Å². The van der Waals surface area contributed by atoms with Gasteiger partial charge in [0.15, 0.2) is 0 Å².